The second kappa shape index (κ2) is 7.49. The predicted molar refractivity (Wildman–Crippen MR) is 94.0 cm³/mol. The number of amides is 1. The van der Waals surface area contributed by atoms with Gasteiger partial charge < -0.3 is 15.2 Å². The van der Waals surface area contributed by atoms with Crippen LogP contribution in [0.2, 0.25) is 0 Å². The second-order valence-electron chi connectivity index (χ2n) is 6.15. The molecule has 4 heteroatoms. The van der Waals surface area contributed by atoms with Gasteiger partial charge in [0.05, 0.1) is 6.10 Å². The maximum absolute atomic E-state index is 11.9. The molecule has 3 rings (SSSR count). The Balaban J connectivity index is 1.64. The molecule has 2 N–H and O–H groups in total. The van der Waals surface area contributed by atoms with Crippen molar-refractivity contribution in [2.45, 2.75) is 31.8 Å². The molecular weight excluding hydrogens is 302 g/mol. The van der Waals surface area contributed by atoms with Gasteiger partial charge in [-0.25, -0.2) is 4.79 Å². The lowest BCUT2D eigenvalue weighted by Crippen LogP contribution is -2.33. The van der Waals surface area contributed by atoms with Gasteiger partial charge in [-0.2, -0.15) is 0 Å². The summed E-state index contributed by atoms with van der Waals surface area (Å²) >= 11 is 0. The van der Waals surface area contributed by atoms with Crippen LogP contribution in [0.4, 0.5) is 4.79 Å². The van der Waals surface area contributed by atoms with Crippen LogP contribution in [0.15, 0.2) is 48.5 Å². The van der Waals surface area contributed by atoms with Gasteiger partial charge in [-0.05, 0) is 28.7 Å². The maximum atomic E-state index is 11.9. The molecule has 0 bridgehead atoms. The molecule has 2 aromatic carbocycles. The lowest BCUT2D eigenvalue weighted by atomic mass is 9.98. The van der Waals surface area contributed by atoms with Crippen molar-refractivity contribution in [1.82, 2.24) is 5.32 Å². The van der Waals surface area contributed by atoms with Crippen LogP contribution in [0.5, 0.6) is 0 Å². The average Bonchev–Trinajstić information content (AvgIpc) is 2.92. The van der Waals surface area contributed by atoms with Gasteiger partial charge in [0.1, 0.15) is 6.61 Å². The lowest BCUT2D eigenvalue weighted by molar-refractivity contribution is 0.125. The largest absolute Gasteiger partial charge is 0.449 e. The van der Waals surface area contributed by atoms with Crippen LogP contribution in [0.3, 0.4) is 0 Å². The number of hydrogen-bond acceptors (Lipinski definition) is 3. The molecule has 0 saturated carbocycles. The van der Waals surface area contributed by atoms with Gasteiger partial charge >= 0.3 is 6.09 Å². The van der Waals surface area contributed by atoms with Crippen molar-refractivity contribution in [3.05, 3.63) is 59.7 Å². The molecule has 1 amide bonds. The molecule has 1 aliphatic rings. The van der Waals surface area contributed by atoms with Gasteiger partial charge in [-0.1, -0.05) is 61.9 Å². The van der Waals surface area contributed by atoms with Gasteiger partial charge in [0.25, 0.3) is 0 Å². The summed E-state index contributed by atoms with van der Waals surface area (Å²) in [6, 6.07) is 16.5. The fraction of sp³-hybridized carbons (Fsp3) is 0.350. The Hall–Kier alpha value is -2.33. The third-order valence-electron chi connectivity index (χ3n) is 4.45. The summed E-state index contributed by atoms with van der Waals surface area (Å²) in [6.45, 7) is 2.52. The first-order valence-electron chi connectivity index (χ1n) is 8.47. The molecule has 4 nitrogen and oxygen atoms in total. The first-order valence-corrected chi connectivity index (χ1v) is 8.47. The van der Waals surface area contributed by atoms with Crippen LogP contribution in [-0.2, 0) is 4.74 Å². The van der Waals surface area contributed by atoms with E-state index in [4.69, 9.17) is 4.74 Å². The summed E-state index contributed by atoms with van der Waals surface area (Å²) < 4.78 is 5.41. The highest BCUT2D eigenvalue weighted by Gasteiger charge is 2.28. The third-order valence-corrected chi connectivity index (χ3v) is 4.45. The number of alkyl carbamates (subject to hydrolysis) is 1. The summed E-state index contributed by atoms with van der Waals surface area (Å²) in [5.74, 6) is 0.0590. The Morgan fingerprint density at radius 1 is 1.12 bits per heavy atom. The summed E-state index contributed by atoms with van der Waals surface area (Å²) in [4.78, 5) is 11.9. The molecule has 0 heterocycles. The summed E-state index contributed by atoms with van der Waals surface area (Å²) in [6.07, 6.45) is 0.555. The zero-order valence-electron chi connectivity index (χ0n) is 13.9. The van der Waals surface area contributed by atoms with Crippen molar-refractivity contribution in [2.75, 3.05) is 13.2 Å². The number of rotatable bonds is 6. The van der Waals surface area contributed by atoms with Gasteiger partial charge in [-0.15, -0.1) is 0 Å². The topological polar surface area (TPSA) is 58.6 Å². The Morgan fingerprint density at radius 2 is 1.71 bits per heavy atom. The normalized spacial score (nSPS) is 13.9. The smallest absolute Gasteiger partial charge is 0.407 e. The number of aliphatic hydroxyl groups excluding tert-OH is 1. The van der Waals surface area contributed by atoms with E-state index in [-0.39, 0.29) is 12.5 Å². The van der Waals surface area contributed by atoms with Gasteiger partial charge in [0.2, 0.25) is 0 Å². The molecule has 2 aromatic rings. The highest BCUT2D eigenvalue weighted by Crippen LogP contribution is 2.44. The standard InChI is InChI=1S/C20H23NO3/c1-2-7-14(22)12-21-20(23)24-13-19-17-10-5-3-8-15(17)16-9-4-6-11-18(16)19/h3-6,8-11,14,19,22H,2,7,12-13H2,1H3,(H,21,23). The van der Waals surface area contributed by atoms with Gasteiger partial charge in [0, 0.05) is 12.5 Å². The van der Waals surface area contributed by atoms with E-state index >= 15 is 0 Å². The molecule has 0 aromatic heterocycles. The number of aliphatic hydroxyl groups is 1. The molecule has 0 fully saturated rings. The van der Waals surface area contributed by atoms with E-state index in [1.165, 1.54) is 22.3 Å². The minimum Gasteiger partial charge on any atom is -0.449 e. The zero-order valence-corrected chi connectivity index (χ0v) is 13.9. The van der Waals surface area contributed by atoms with Crippen LogP contribution in [0.25, 0.3) is 11.1 Å². The molecule has 126 valence electrons. The molecule has 0 radical (unpaired) electrons. The van der Waals surface area contributed by atoms with E-state index in [0.29, 0.717) is 13.0 Å². The van der Waals surface area contributed by atoms with Crippen LogP contribution in [-0.4, -0.2) is 30.5 Å². The Labute approximate surface area is 142 Å². The highest BCUT2D eigenvalue weighted by atomic mass is 16.5. The molecule has 0 aliphatic heterocycles. The quantitative estimate of drug-likeness (QED) is 0.851. The molecule has 24 heavy (non-hydrogen) atoms. The third kappa shape index (κ3) is 3.44. The SMILES string of the molecule is CCCC(O)CNC(=O)OCC1c2ccccc2-c2ccccc21. The van der Waals surface area contributed by atoms with Crippen LogP contribution in [0, 0.1) is 0 Å². The predicted octanol–water partition coefficient (Wildman–Crippen LogP) is 3.69. The maximum Gasteiger partial charge on any atom is 0.407 e. The lowest BCUT2D eigenvalue weighted by Gasteiger charge is -2.15. The summed E-state index contributed by atoms with van der Waals surface area (Å²) in [5, 5.41) is 12.3. The minimum atomic E-state index is -0.518. The molecule has 0 spiro atoms. The van der Waals surface area contributed by atoms with E-state index < -0.39 is 12.2 Å². The Kier molecular flexibility index (Phi) is 5.16. The van der Waals surface area contributed by atoms with Gasteiger partial charge in [-0.3, -0.25) is 0 Å². The van der Waals surface area contributed by atoms with Crippen LogP contribution >= 0.6 is 0 Å². The van der Waals surface area contributed by atoms with E-state index in [1.807, 2.05) is 31.2 Å². The monoisotopic (exact) mass is 325 g/mol. The van der Waals surface area contributed by atoms with Crippen molar-refractivity contribution in [3.63, 3.8) is 0 Å². The highest BCUT2D eigenvalue weighted by molar-refractivity contribution is 5.79. The molecule has 1 aliphatic carbocycles. The molecular formula is C20H23NO3. The van der Waals surface area contributed by atoms with Crippen molar-refractivity contribution >= 4 is 6.09 Å². The van der Waals surface area contributed by atoms with E-state index in [9.17, 15) is 9.90 Å². The zero-order chi connectivity index (χ0) is 16.9. The summed E-state index contributed by atoms with van der Waals surface area (Å²) in [5.41, 5.74) is 4.80. The summed E-state index contributed by atoms with van der Waals surface area (Å²) in [7, 11) is 0. The van der Waals surface area contributed by atoms with Crippen molar-refractivity contribution in [2.24, 2.45) is 0 Å². The molecule has 1 unspecified atom stereocenters. The number of carbonyl (C=O) groups excluding carboxylic acids is 1. The minimum absolute atomic E-state index is 0.0590. The fourth-order valence-corrected chi connectivity index (χ4v) is 3.29. The van der Waals surface area contributed by atoms with E-state index in [1.54, 1.807) is 0 Å². The Bertz CT molecular complexity index is 668. The average molecular weight is 325 g/mol. The molecule has 0 saturated heterocycles. The number of nitrogens with one attached hydrogen (secondary N) is 1. The van der Waals surface area contributed by atoms with Gasteiger partial charge in [0.15, 0.2) is 0 Å². The fourth-order valence-electron chi connectivity index (χ4n) is 3.29. The van der Waals surface area contributed by atoms with E-state index in [0.717, 1.165) is 6.42 Å². The molecule has 1 atom stereocenters. The number of hydrogen-bond donors (Lipinski definition) is 2. The second-order valence-corrected chi connectivity index (χ2v) is 6.15. The van der Waals surface area contributed by atoms with Crippen molar-refractivity contribution < 1.29 is 14.6 Å². The Morgan fingerprint density at radius 3 is 2.29 bits per heavy atom. The first kappa shape index (κ1) is 16.5. The van der Waals surface area contributed by atoms with Crippen LogP contribution < -0.4 is 5.32 Å². The first-order chi connectivity index (χ1) is 11.7. The van der Waals surface area contributed by atoms with E-state index in [2.05, 4.69) is 29.6 Å². The number of fused-ring (bicyclic) bond motifs is 3. The number of ether oxygens (including phenoxy) is 1. The van der Waals surface area contributed by atoms with Crippen molar-refractivity contribution in [3.8, 4) is 11.1 Å². The van der Waals surface area contributed by atoms with Crippen molar-refractivity contribution in [1.29, 1.82) is 0 Å². The van der Waals surface area contributed by atoms with Crippen LogP contribution in [0.1, 0.15) is 36.8 Å². The number of benzene rings is 2. The number of carbonyl (C=O) groups is 1.